The Balaban J connectivity index is 1.84. The second-order valence-electron chi connectivity index (χ2n) is 4.52. The lowest BCUT2D eigenvalue weighted by Crippen LogP contribution is -2.19. The van der Waals surface area contributed by atoms with Crippen LogP contribution in [-0.2, 0) is 4.79 Å². The number of thioether (sulfide) groups is 1. The molecular formula is C16H11FN2O2S. The summed E-state index contributed by atoms with van der Waals surface area (Å²) in [6, 6.07) is 12.5. The maximum absolute atomic E-state index is 12.9. The molecule has 2 aromatic rings. The van der Waals surface area contributed by atoms with Gasteiger partial charge in [-0.05, 0) is 47.7 Å². The molecule has 3 rings (SSSR count). The molecule has 2 aromatic carbocycles. The zero-order valence-electron chi connectivity index (χ0n) is 11.3. The van der Waals surface area contributed by atoms with Gasteiger partial charge in [0.25, 0.3) is 5.91 Å². The van der Waals surface area contributed by atoms with Crippen LogP contribution < -0.4 is 5.32 Å². The van der Waals surface area contributed by atoms with E-state index in [4.69, 9.17) is 0 Å². The molecule has 110 valence electrons. The van der Waals surface area contributed by atoms with Crippen LogP contribution in [0.3, 0.4) is 0 Å². The highest BCUT2D eigenvalue weighted by Gasteiger charge is 2.24. The molecule has 1 heterocycles. The Kier molecular flexibility index (Phi) is 3.93. The molecule has 4 nitrogen and oxygen atoms in total. The Morgan fingerprint density at radius 1 is 1.14 bits per heavy atom. The average molecular weight is 314 g/mol. The smallest absolute Gasteiger partial charge is 0.264 e. The van der Waals surface area contributed by atoms with Gasteiger partial charge >= 0.3 is 0 Å². The molecule has 1 aliphatic rings. The van der Waals surface area contributed by atoms with E-state index in [1.54, 1.807) is 36.4 Å². The van der Waals surface area contributed by atoms with Gasteiger partial charge in [-0.15, -0.1) is 0 Å². The van der Waals surface area contributed by atoms with Crippen LogP contribution in [0.1, 0.15) is 5.56 Å². The van der Waals surface area contributed by atoms with Gasteiger partial charge in [-0.25, -0.2) is 9.38 Å². The predicted octanol–water partition coefficient (Wildman–Crippen LogP) is 3.42. The van der Waals surface area contributed by atoms with E-state index >= 15 is 0 Å². The maximum Gasteiger partial charge on any atom is 0.264 e. The van der Waals surface area contributed by atoms with E-state index < -0.39 is 0 Å². The van der Waals surface area contributed by atoms with Gasteiger partial charge in [0.2, 0.25) is 0 Å². The number of amides is 1. The topological polar surface area (TPSA) is 61.7 Å². The summed E-state index contributed by atoms with van der Waals surface area (Å²) >= 11 is 1.17. The summed E-state index contributed by atoms with van der Waals surface area (Å²) in [6.07, 6.45) is 1.66. The number of carbonyl (C=O) groups excluding carboxylic acids is 1. The third kappa shape index (κ3) is 3.17. The Morgan fingerprint density at radius 3 is 2.59 bits per heavy atom. The molecule has 1 saturated heterocycles. The number of aliphatic imine (C=N–C) groups is 1. The van der Waals surface area contributed by atoms with Gasteiger partial charge < -0.3 is 10.4 Å². The van der Waals surface area contributed by atoms with Crippen LogP contribution in [0.2, 0.25) is 0 Å². The molecule has 0 aliphatic carbocycles. The number of nitrogens with zero attached hydrogens (tertiary/aromatic N) is 1. The van der Waals surface area contributed by atoms with Crippen molar-refractivity contribution < 1.29 is 14.3 Å². The molecule has 1 fully saturated rings. The van der Waals surface area contributed by atoms with Crippen molar-refractivity contribution in [1.82, 2.24) is 5.32 Å². The summed E-state index contributed by atoms with van der Waals surface area (Å²) in [7, 11) is 0. The summed E-state index contributed by atoms with van der Waals surface area (Å²) in [5.41, 5.74) is 1.11. The molecule has 0 spiro atoms. The molecule has 0 aromatic heterocycles. The summed E-state index contributed by atoms with van der Waals surface area (Å²) in [6.45, 7) is 0. The third-order valence-corrected chi connectivity index (χ3v) is 3.83. The van der Waals surface area contributed by atoms with Gasteiger partial charge in [0.1, 0.15) is 17.3 Å². The molecule has 2 N–H and O–H groups in total. The molecule has 0 saturated carbocycles. The van der Waals surface area contributed by atoms with Crippen molar-refractivity contribution in [1.29, 1.82) is 0 Å². The maximum atomic E-state index is 12.9. The first-order valence-corrected chi connectivity index (χ1v) is 7.26. The van der Waals surface area contributed by atoms with Crippen molar-refractivity contribution in [3.05, 3.63) is 64.8 Å². The first-order chi connectivity index (χ1) is 10.6. The van der Waals surface area contributed by atoms with Crippen LogP contribution in [0.25, 0.3) is 6.08 Å². The average Bonchev–Trinajstić information content (AvgIpc) is 2.84. The number of carbonyl (C=O) groups is 1. The molecule has 0 radical (unpaired) electrons. The van der Waals surface area contributed by atoms with Crippen LogP contribution in [-0.4, -0.2) is 16.2 Å². The first kappa shape index (κ1) is 14.3. The van der Waals surface area contributed by atoms with Crippen molar-refractivity contribution in [3.63, 3.8) is 0 Å². The number of hydrogen-bond acceptors (Lipinski definition) is 4. The molecule has 0 atom stereocenters. The fourth-order valence-corrected chi connectivity index (χ4v) is 2.69. The molecule has 6 heteroatoms. The SMILES string of the molecule is O=C1NC(=Nc2ccccc2O)S/C1=C/c1ccc(F)cc1. The standard InChI is InChI=1S/C16H11FN2O2S/c17-11-7-5-10(6-8-11)9-14-15(21)19-16(22-14)18-12-3-1-2-4-13(12)20/h1-9,20H,(H,18,19,21)/b14-9+. The van der Waals surface area contributed by atoms with Gasteiger partial charge in [0.15, 0.2) is 5.17 Å². The van der Waals surface area contributed by atoms with Crippen molar-refractivity contribution in [2.24, 2.45) is 4.99 Å². The zero-order chi connectivity index (χ0) is 15.5. The number of aromatic hydroxyl groups is 1. The molecule has 22 heavy (non-hydrogen) atoms. The first-order valence-electron chi connectivity index (χ1n) is 6.45. The Labute approximate surface area is 130 Å². The Morgan fingerprint density at radius 2 is 1.86 bits per heavy atom. The highest BCUT2D eigenvalue weighted by Crippen LogP contribution is 2.31. The molecule has 0 unspecified atom stereocenters. The predicted molar refractivity (Wildman–Crippen MR) is 85.3 cm³/mol. The quantitative estimate of drug-likeness (QED) is 0.835. The number of hydrogen-bond donors (Lipinski definition) is 2. The van der Waals surface area contributed by atoms with Crippen LogP contribution >= 0.6 is 11.8 Å². The lowest BCUT2D eigenvalue weighted by atomic mass is 10.2. The van der Waals surface area contributed by atoms with E-state index in [0.29, 0.717) is 15.8 Å². The summed E-state index contributed by atoms with van der Waals surface area (Å²) in [5, 5.41) is 12.7. The minimum atomic E-state index is -0.326. The van der Waals surface area contributed by atoms with Crippen LogP contribution in [0.15, 0.2) is 58.4 Å². The summed E-state index contributed by atoms with van der Waals surface area (Å²) in [4.78, 5) is 16.6. The number of phenolic OH excluding ortho intramolecular Hbond substituents is 1. The van der Waals surface area contributed by atoms with Gasteiger partial charge in [0, 0.05) is 0 Å². The fraction of sp³-hybridized carbons (Fsp3) is 0. The minimum absolute atomic E-state index is 0.0424. The highest BCUT2D eigenvalue weighted by molar-refractivity contribution is 8.18. The lowest BCUT2D eigenvalue weighted by Gasteiger charge is -1.98. The molecular weight excluding hydrogens is 303 g/mol. The monoisotopic (exact) mass is 314 g/mol. The van der Waals surface area contributed by atoms with Crippen molar-refractivity contribution in [3.8, 4) is 5.75 Å². The fourth-order valence-electron chi connectivity index (χ4n) is 1.86. The number of amidine groups is 1. The zero-order valence-corrected chi connectivity index (χ0v) is 12.1. The van der Waals surface area contributed by atoms with E-state index in [2.05, 4.69) is 10.3 Å². The van der Waals surface area contributed by atoms with Crippen molar-refractivity contribution in [2.75, 3.05) is 0 Å². The number of benzene rings is 2. The van der Waals surface area contributed by atoms with Crippen molar-refractivity contribution in [2.45, 2.75) is 0 Å². The summed E-state index contributed by atoms with van der Waals surface area (Å²) < 4.78 is 12.9. The van der Waals surface area contributed by atoms with Gasteiger partial charge in [0.05, 0.1) is 4.91 Å². The number of phenols is 1. The van der Waals surface area contributed by atoms with Crippen molar-refractivity contribution >= 4 is 34.6 Å². The largest absolute Gasteiger partial charge is 0.506 e. The van der Waals surface area contributed by atoms with Crippen LogP contribution in [0, 0.1) is 5.82 Å². The van der Waals surface area contributed by atoms with E-state index in [1.165, 1.54) is 30.0 Å². The number of rotatable bonds is 2. The van der Waals surface area contributed by atoms with E-state index in [1.807, 2.05) is 0 Å². The van der Waals surface area contributed by atoms with Gasteiger partial charge in [-0.3, -0.25) is 4.79 Å². The molecule has 0 bridgehead atoms. The Bertz CT molecular complexity index is 785. The highest BCUT2D eigenvalue weighted by atomic mass is 32.2. The van der Waals surface area contributed by atoms with E-state index in [-0.39, 0.29) is 17.5 Å². The number of halogens is 1. The number of para-hydroxylation sites is 2. The number of nitrogens with one attached hydrogen (secondary N) is 1. The van der Waals surface area contributed by atoms with Gasteiger partial charge in [-0.2, -0.15) is 0 Å². The second kappa shape index (κ2) is 6.03. The summed E-state index contributed by atoms with van der Waals surface area (Å²) in [5.74, 6) is -0.559. The van der Waals surface area contributed by atoms with Crippen LogP contribution in [0.4, 0.5) is 10.1 Å². The normalized spacial score (nSPS) is 18.0. The third-order valence-electron chi connectivity index (χ3n) is 2.92. The van der Waals surface area contributed by atoms with Gasteiger partial charge in [-0.1, -0.05) is 24.3 Å². The Hall–Kier alpha value is -2.60. The van der Waals surface area contributed by atoms with E-state index in [9.17, 15) is 14.3 Å². The van der Waals surface area contributed by atoms with E-state index in [0.717, 1.165) is 5.56 Å². The molecule has 1 aliphatic heterocycles. The second-order valence-corrected chi connectivity index (χ2v) is 5.55. The van der Waals surface area contributed by atoms with Crippen LogP contribution in [0.5, 0.6) is 5.75 Å². The molecule has 1 amide bonds. The lowest BCUT2D eigenvalue weighted by molar-refractivity contribution is -0.115. The minimum Gasteiger partial charge on any atom is -0.506 e.